The zero-order valence-electron chi connectivity index (χ0n) is 15.9. The lowest BCUT2D eigenvalue weighted by Crippen LogP contribution is -2.37. The molecule has 1 aromatic heterocycles. The molecule has 1 aromatic rings. The average molecular weight is 477 g/mol. The van der Waals surface area contributed by atoms with Crippen molar-refractivity contribution in [3.8, 4) is 0 Å². The molecule has 0 unspecified atom stereocenters. The van der Waals surface area contributed by atoms with Gasteiger partial charge in [0, 0.05) is 53.1 Å². The normalized spacial score (nSPS) is 14.2. The SMILES string of the molecule is CN=C(NCCCOCCOC)NCc1ccc(N2CCCC2)nc1.I. The fraction of sp³-hybridized carbons (Fsp3) is 0.667. The molecule has 1 saturated heterocycles. The number of aliphatic imine (C=N–C) groups is 1. The lowest BCUT2D eigenvalue weighted by Gasteiger charge is -2.16. The predicted molar refractivity (Wildman–Crippen MR) is 117 cm³/mol. The van der Waals surface area contributed by atoms with Gasteiger partial charge in [0.15, 0.2) is 5.96 Å². The molecular formula is C18H32IN5O2. The van der Waals surface area contributed by atoms with Gasteiger partial charge in [-0.25, -0.2) is 4.98 Å². The lowest BCUT2D eigenvalue weighted by atomic mass is 10.3. The quantitative estimate of drug-likeness (QED) is 0.233. The summed E-state index contributed by atoms with van der Waals surface area (Å²) in [5.74, 6) is 1.87. The van der Waals surface area contributed by atoms with Gasteiger partial charge < -0.3 is 25.0 Å². The number of methoxy groups -OCH3 is 1. The fourth-order valence-corrected chi connectivity index (χ4v) is 2.69. The van der Waals surface area contributed by atoms with Crippen LogP contribution in [-0.4, -0.2) is 64.6 Å². The van der Waals surface area contributed by atoms with Gasteiger partial charge in [0.25, 0.3) is 0 Å². The average Bonchev–Trinajstić information content (AvgIpc) is 3.18. The molecule has 0 saturated carbocycles. The van der Waals surface area contributed by atoms with Crippen molar-refractivity contribution in [2.75, 3.05) is 58.5 Å². The van der Waals surface area contributed by atoms with Crippen molar-refractivity contribution >= 4 is 35.8 Å². The molecule has 7 nitrogen and oxygen atoms in total. The highest BCUT2D eigenvalue weighted by molar-refractivity contribution is 14.0. The zero-order valence-corrected chi connectivity index (χ0v) is 18.2. The molecule has 1 aliphatic rings. The van der Waals surface area contributed by atoms with Crippen LogP contribution < -0.4 is 15.5 Å². The number of hydrogen-bond donors (Lipinski definition) is 2. The summed E-state index contributed by atoms with van der Waals surface area (Å²) < 4.78 is 10.4. The molecule has 26 heavy (non-hydrogen) atoms. The predicted octanol–water partition coefficient (Wildman–Crippen LogP) is 2.02. The minimum absolute atomic E-state index is 0. The van der Waals surface area contributed by atoms with E-state index in [0.29, 0.717) is 19.8 Å². The second kappa shape index (κ2) is 14.0. The maximum absolute atomic E-state index is 5.43. The van der Waals surface area contributed by atoms with Crippen LogP contribution in [-0.2, 0) is 16.0 Å². The maximum atomic E-state index is 5.43. The van der Waals surface area contributed by atoms with Crippen molar-refractivity contribution < 1.29 is 9.47 Å². The summed E-state index contributed by atoms with van der Waals surface area (Å²) in [6.45, 7) is 5.77. The van der Waals surface area contributed by atoms with Crippen LogP contribution in [0.4, 0.5) is 5.82 Å². The summed E-state index contributed by atoms with van der Waals surface area (Å²) in [6, 6.07) is 4.24. The second-order valence-electron chi connectivity index (χ2n) is 6.03. The smallest absolute Gasteiger partial charge is 0.191 e. The van der Waals surface area contributed by atoms with E-state index in [0.717, 1.165) is 50.0 Å². The van der Waals surface area contributed by atoms with Gasteiger partial charge in [0.2, 0.25) is 0 Å². The van der Waals surface area contributed by atoms with Crippen LogP contribution in [0.5, 0.6) is 0 Å². The molecule has 148 valence electrons. The molecule has 0 bridgehead atoms. The monoisotopic (exact) mass is 477 g/mol. The number of halogens is 1. The van der Waals surface area contributed by atoms with Crippen molar-refractivity contribution in [2.24, 2.45) is 4.99 Å². The van der Waals surface area contributed by atoms with Crippen LogP contribution in [0.2, 0.25) is 0 Å². The molecule has 0 aromatic carbocycles. The number of anilines is 1. The van der Waals surface area contributed by atoms with Crippen LogP contribution in [0, 0.1) is 0 Å². The van der Waals surface area contributed by atoms with Crippen LogP contribution >= 0.6 is 24.0 Å². The lowest BCUT2D eigenvalue weighted by molar-refractivity contribution is 0.0698. The van der Waals surface area contributed by atoms with Crippen molar-refractivity contribution in [1.29, 1.82) is 0 Å². The summed E-state index contributed by atoms with van der Waals surface area (Å²) in [6.07, 6.45) is 5.41. The summed E-state index contributed by atoms with van der Waals surface area (Å²) in [5, 5.41) is 6.60. The fourth-order valence-electron chi connectivity index (χ4n) is 2.69. The molecule has 0 aliphatic carbocycles. The molecule has 8 heteroatoms. The van der Waals surface area contributed by atoms with Gasteiger partial charge in [-0.05, 0) is 30.9 Å². The van der Waals surface area contributed by atoms with Gasteiger partial charge in [0.05, 0.1) is 13.2 Å². The van der Waals surface area contributed by atoms with Crippen molar-refractivity contribution in [3.05, 3.63) is 23.9 Å². The van der Waals surface area contributed by atoms with Gasteiger partial charge in [-0.15, -0.1) is 24.0 Å². The standard InChI is InChI=1S/C18H31N5O2.HI/c1-19-18(20-8-5-11-25-13-12-24-2)22-15-16-6-7-17(21-14-16)23-9-3-4-10-23;/h6-7,14H,3-5,8-13,15H2,1-2H3,(H2,19,20,22);1H. The largest absolute Gasteiger partial charge is 0.382 e. The Balaban J connectivity index is 0.00000338. The number of nitrogens with one attached hydrogen (secondary N) is 2. The zero-order chi connectivity index (χ0) is 17.7. The van der Waals surface area contributed by atoms with Gasteiger partial charge in [-0.2, -0.15) is 0 Å². The Hall–Kier alpha value is -1.13. The van der Waals surface area contributed by atoms with E-state index in [-0.39, 0.29) is 24.0 Å². The minimum Gasteiger partial charge on any atom is -0.382 e. The third-order valence-electron chi connectivity index (χ3n) is 4.11. The first-order valence-electron chi connectivity index (χ1n) is 9.04. The van der Waals surface area contributed by atoms with E-state index in [1.807, 2.05) is 6.20 Å². The Morgan fingerprint density at radius 3 is 2.65 bits per heavy atom. The molecule has 0 atom stereocenters. The highest BCUT2D eigenvalue weighted by atomic mass is 127. The van der Waals surface area contributed by atoms with Crippen molar-refractivity contribution in [3.63, 3.8) is 0 Å². The van der Waals surface area contributed by atoms with Crippen LogP contribution in [0.25, 0.3) is 0 Å². The van der Waals surface area contributed by atoms with E-state index in [4.69, 9.17) is 9.47 Å². The van der Waals surface area contributed by atoms with Crippen LogP contribution in [0.1, 0.15) is 24.8 Å². The number of nitrogens with zero attached hydrogens (tertiary/aromatic N) is 3. The van der Waals surface area contributed by atoms with Crippen LogP contribution in [0.15, 0.2) is 23.3 Å². The third kappa shape index (κ3) is 8.50. The number of ether oxygens (including phenoxy) is 2. The Morgan fingerprint density at radius 2 is 2.00 bits per heavy atom. The Morgan fingerprint density at radius 1 is 1.19 bits per heavy atom. The molecule has 0 amide bonds. The van der Waals surface area contributed by atoms with Gasteiger partial charge in [-0.1, -0.05) is 6.07 Å². The first-order chi connectivity index (χ1) is 12.3. The van der Waals surface area contributed by atoms with E-state index >= 15 is 0 Å². The molecule has 2 N–H and O–H groups in total. The summed E-state index contributed by atoms with van der Waals surface area (Å²) in [4.78, 5) is 11.1. The van der Waals surface area contributed by atoms with E-state index < -0.39 is 0 Å². The second-order valence-corrected chi connectivity index (χ2v) is 6.03. The Bertz CT molecular complexity index is 507. The van der Waals surface area contributed by atoms with Gasteiger partial charge in [0.1, 0.15) is 5.82 Å². The number of rotatable bonds is 10. The number of aromatic nitrogens is 1. The minimum atomic E-state index is 0. The van der Waals surface area contributed by atoms with Crippen molar-refractivity contribution in [2.45, 2.75) is 25.8 Å². The first kappa shape index (κ1) is 22.9. The topological polar surface area (TPSA) is 71.0 Å². The Labute approximate surface area is 174 Å². The van der Waals surface area contributed by atoms with E-state index in [1.165, 1.54) is 12.8 Å². The summed E-state index contributed by atoms with van der Waals surface area (Å²) >= 11 is 0. The summed E-state index contributed by atoms with van der Waals surface area (Å²) in [7, 11) is 3.45. The van der Waals surface area contributed by atoms with E-state index in [9.17, 15) is 0 Å². The molecule has 0 radical (unpaired) electrons. The van der Waals surface area contributed by atoms with Crippen LogP contribution in [0.3, 0.4) is 0 Å². The van der Waals surface area contributed by atoms with Crippen molar-refractivity contribution in [1.82, 2.24) is 15.6 Å². The highest BCUT2D eigenvalue weighted by Crippen LogP contribution is 2.17. The molecule has 1 fully saturated rings. The van der Waals surface area contributed by atoms with Gasteiger partial charge in [-0.3, -0.25) is 4.99 Å². The Kier molecular flexibility index (Phi) is 12.3. The van der Waals surface area contributed by atoms with E-state index in [2.05, 4.69) is 37.6 Å². The number of hydrogen-bond acceptors (Lipinski definition) is 5. The molecule has 0 spiro atoms. The molecule has 2 rings (SSSR count). The third-order valence-corrected chi connectivity index (χ3v) is 4.11. The first-order valence-corrected chi connectivity index (χ1v) is 9.04. The molecule has 2 heterocycles. The summed E-state index contributed by atoms with van der Waals surface area (Å²) in [5.41, 5.74) is 1.15. The maximum Gasteiger partial charge on any atom is 0.191 e. The van der Waals surface area contributed by atoms with E-state index in [1.54, 1.807) is 14.2 Å². The molecular weight excluding hydrogens is 445 g/mol. The highest BCUT2D eigenvalue weighted by Gasteiger charge is 2.12. The van der Waals surface area contributed by atoms with Gasteiger partial charge >= 0.3 is 0 Å². The molecule has 1 aliphatic heterocycles. The number of pyridine rings is 1. The number of guanidine groups is 1.